The Morgan fingerprint density at radius 2 is 2.25 bits per heavy atom. The van der Waals surface area contributed by atoms with Gasteiger partial charge in [-0.25, -0.2) is 0 Å². The van der Waals surface area contributed by atoms with Gasteiger partial charge in [-0.3, -0.25) is 4.79 Å². The largest absolute Gasteiger partial charge is 0.481 e. The van der Waals surface area contributed by atoms with Gasteiger partial charge in [-0.1, -0.05) is 0 Å². The van der Waals surface area contributed by atoms with Crippen molar-refractivity contribution in [2.45, 2.75) is 19.3 Å². The molecule has 3 fully saturated rings. The van der Waals surface area contributed by atoms with Crippen molar-refractivity contribution >= 4 is 17.7 Å². The fourth-order valence-corrected chi connectivity index (χ4v) is 3.60. The molecule has 0 aromatic carbocycles. The van der Waals surface area contributed by atoms with E-state index < -0.39 is 5.97 Å². The van der Waals surface area contributed by atoms with Crippen molar-refractivity contribution < 1.29 is 9.90 Å². The van der Waals surface area contributed by atoms with Crippen LogP contribution in [0.25, 0.3) is 0 Å². The molecule has 2 bridgehead atoms. The maximum absolute atomic E-state index is 10.9. The number of carboxylic acids is 1. The Balaban J connectivity index is 2.00. The van der Waals surface area contributed by atoms with Crippen LogP contribution in [0.5, 0.6) is 0 Å². The molecule has 3 heteroatoms. The van der Waals surface area contributed by atoms with Crippen molar-refractivity contribution in [1.82, 2.24) is 0 Å². The van der Waals surface area contributed by atoms with Gasteiger partial charge in [0.25, 0.3) is 0 Å². The van der Waals surface area contributed by atoms with Gasteiger partial charge in [-0.2, -0.15) is 11.8 Å². The first-order valence-electron chi connectivity index (χ1n) is 4.40. The Hall–Kier alpha value is -0.180. The van der Waals surface area contributed by atoms with E-state index in [4.69, 9.17) is 5.11 Å². The number of carbonyl (C=O) groups is 1. The van der Waals surface area contributed by atoms with E-state index in [-0.39, 0.29) is 5.41 Å². The summed E-state index contributed by atoms with van der Waals surface area (Å²) < 4.78 is 0. The van der Waals surface area contributed by atoms with Crippen LogP contribution in [-0.4, -0.2) is 23.1 Å². The van der Waals surface area contributed by atoms with Gasteiger partial charge < -0.3 is 5.11 Å². The second kappa shape index (κ2) is 2.66. The molecule has 12 heavy (non-hydrogen) atoms. The number of rotatable bonds is 3. The van der Waals surface area contributed by atoms with Crippen LogP contribution in [0.3, 0.4) is 0 Å². The first-order valence-corrected chi connectivity index (χ1v) is 5.80. The van der Waals surface area contributed by atoms with Crippen LogP contribution in [0.1, 0.15) is 19.3 Å². The molecular weight excluding hydrogens is 172 g/mol. The van der Waals surface area contributed by atoms with Gasteiger partial charge in [0.1, 0.15) is 0 Å². The maximum atomic E-state index is 10.9. The minimum atomic E-state index is -0.553. The maximum Gasteiger partial charge on any atom is 0.309 e. The summed E-state index contributed by atoms with van der Waals surface area (Å²) in [6.45, 7) is 0. The van der Waals surface area contributed by atoms with E-state index in [0.717, 1.165) is 30.9 Å². The smallest absolute Gasteiger partial charge is 0.309 e. The Bertz CT molecular complexity index is 209. The topological polar surface area (TPSA) is 37.3 Å². The predicted octanol–water partition coefficient (Wildman–Crippen LogP) is 1.85. The SMILES string of the molecule is CSCC1CC2(C(=O)O)CC1C2. The molecule has 3 aliphatic rings. The average molecular weight is 186 g/mol. The van der Waals surface area contributed by atoms with E-state index in [1.165, 1.54) is 0 Å². The molecule has 3 aliphatic carbocycles. The number of thioether (sulfide) groups is 1. The second-order valence-electron chi connectivity index (χ2n) is 4.17. The van der Waals surface area contributed by atoms with Crippen LogP contribution < -0.4 is 0 Å². The van der Waals surface area contributed by atoms with Gasteiger partial charge in [0.05, 0.1) is 5.41 Å². The lowest BCUT2D eigenvalue weighted by atomic mass is 9.69. The molecule has 0 radical (unpaired) electrons. The molecule has 0 heterocycles. The quantitative estimate of drug-likeness (QED) is 0.731. The molecule has 3 rings (SSSR count). The third-order valence-electron chi connectivity index (χ3n) is 3.46. The summed E-state index contributed by atoms with van der Waals surface area (Å²) in [5.74, 6) is 2.02. The average Bonchev–Trinajstić information content (AvgIpc) is 2.40. The number of aliphatic carboxylic acids is 1. The van der Waals surface area contributed by atoms with E-state index in [1.807, 2.05) is 11.8 Å². The summed E-state index contributed by atoms with van der Waals surface area (Å²) >= 11 is 1.85. The first kappa shape index (κ1) is 8.42. The normalized spacial score (nSPS) is 44.1. The Morgan fingerprint density at radius 3 is 2.67 bits per heavy atom. The van der Waals surface area contributed by atoms with Gasteiger partial charge in [-0.05, 0) is 43.1 Å². The predicted molar refractivity (Wildman–Crippen MR) is 49.3 cm³/mol. The highest BCUT2D eigenvalue weighted by Gasteiger charge is 2.60. The zero-order valence-corrected chi connectivity index (χ0v) is 8.06. The molecule has 0 aromatic rings. The van der Waals surface area contributed by atoms with Gasteiger partial charge in [-0.15, -0.1) is 0 Å². The fraction of sp³-hybridized carbons (Fsp3) is 0.889. The third-order valence-corrected chi connectivity index (χ3v) is 4.22. The van der Waals surface area contributed by atoms with E-state index in [1.54, 1.807) is 0 Å². The van der Waals surface area contributed by atoms with Crippen molar-refractivity contribution in [3.05, 3.63) is 0 Å². The van der Waals surface area contributed by atoms with Crippen LogP contribution >= 0.6 is 11.8 Å². The highest BCUT2D eigenvalue weighted by Crippen LogP contribution is 2.62. The highest BCUT2D eigenvalue weighted by molar-refractivity contribution is 7.98. The Labute approximate surface area is 76.7 Å². The van der Waals surface area contributed by atoms with Crippen LogP contribution in [0.2, 0.25) is 0 Å². The first-order chi connectivity index (χ1) is 5.68. The van der Waals surface area contributed by atoms with Crippen molar-refractivity contribution in [3.8, 4) is 0 Å². The molecule has 1 unspecified atom stereocenters. The zero-order valence-electron chi connectivity index (χ0n) is 7.25. The lowest BCUT2D eigenvalue weighted by Gasteiger charge is -2.34. The zero-order chi connectivity index (χ0) is 8.77. The van der Waals surface area contributed by atoms with Crippen molar-refractivity contribution in [2.75, 3.05) is 12.0 Å². The molecule has 1 atom stereocenters. The lowest BCUT2D eigenvalue weighted by molar-refractivity contribution is -0.153. The molecule has 3 saturated carbocycles. The van der Waals surface area contributed by atoms with E-state index in [0.29, 0.717) is 5.92 Å². The molecule has 2 nitrogen and oxygen atoms in total. The summed E-state index contributed by atoms with van der Waals surface area (Å²) in [7, 11) is 0. The second-order valence-corrected chi connectivity index (χ2v) is 5.08. The number of hydrogen-bond acceptors (Lipinski definition) is 2. The van der Waals surface area contributed by atoms with Crippen molar-refractivity contribution in [1.29, 1.82) is 0 Å². The summed E-state index contributed by atoms with van der Waals surface area (Å²) in [6.07, 6.45) is 4.94. The Kier molecular flexibility index (Phi) is 1.86. The molecule has 0 spiro atoms. The van der Waals surface area contributed by atoms with E-state index >= 15 is 0 Å². The lowest BCUT2D eigenvalue weighted by Crippen LogP contribution is -2.36. The highest BCUT2D eigenvalue weighted by atomic mass is 32.2. The number of carboxylic acid groups (broad SMARTS) is 1. The van der Waals surface area contributed by atoms with E-state index in [2.05, 4.69) is 6.26 Å². The third kappa shape index (κ3) is 0.987. The summed E-state index contributed by atoms with van der Waals surface area (Å²) in [6, 6.07) is 0. The van der Waals surface area contributed by atoms with Crippen LogP contribution in [0.15, 0.2) is 0 Å². The number of fused-ring (bicyclic) bond motifs is 1. The molecule has 68 valence electrons. The summed E-state index contributed by atoms with van der Waals surface area (Å²) in [4.78, 5) is 10.9. The number of hydrogen-bond donors (Lipinski definition) is 1. The summed E-state index contributed by atoms with van der Waals surface area (Å²) in [5, 5.41) is 8.99. The van der Waals surface area contributed by atoms with Gasteiger partial charge in [0, 0.05) is 0 Å². The minimum absolute atomic E-state index is 0.287. The van der Waals surface area contributed by atoms with Crippen molar-refractivity contribution in [2.24, 2.45) is 17.3 Å². The van der Waals surface area contributed by atoms with Gasteiger partial charge in [0.15, 0.2) is 0 Å². The Morgan fingerprint density at radius 1 is 1.58 bits per heavy atom. The molecule has 1 N–H and O–H groups in total. The van der Waals surface area contributed by atoms with E-state index in [9.17, 15) is 4.79 Å². The molecule has 0 aromatic heterocycles. The van der Waals surface area contributed by atoms with Crippen LogP contribution in [0, 0.1) is 17.3 Å². The van der Waals surface area contributed by atoms with Crippen LogP contribution in [-0.2, 0) is 4.79 Å². The monoisotopic (exact) mass is 186 g/mol. The fourth-order valence-electron chi connectivity index (χ4n) is 2.78. The minimum Gasteiger partial charge on any atom is -0.481 e. The molecule has 0 saturated heterocycles. The molecular formula is C9H14O2S. The van der Waals surface area contributed by atoms with Gasteiger partial charge >= 0.3 is 5.97 Å². The summed E-state index contributed by atoms with van der Waals surface area (Å²) in [5.41, 5.74) is -0.287. The molecule has 0 aliphatic heterocycles. The van der Waals surface area contributed by atoms with Gasteiger partial charge in [0.2, 0.25) is 0 Å². The van der Waals surface area contributed by atoms with Crippen LogP contribution in [0.4, 0.5) is 0 Å². The molecule has 0 amide bonds. The standard InChI is InChI=1S/C9H14O2S/c1-12-5-7-4-9(8(10)11)2-6(7)3-9/h6-7H,2-5H2,1H3,(H,10,11). The van der Waals surface area contributed by atoms with Crippen molar-refractivity contribution in [3.63, 3.8) is 0 Å².